The van der Waals surface area contributed by atoms with E-state index in [4.69, 9.17) is 4.74 Å². The first-order valence-electron chi connectivity index (χ1n) is 13.3. The molecule has 2 aromatic carbocycles. The van der Waals surface area contributed by atoms with Gasteiger partial charge in [-0.3, -0.25) is 0 Å². The van der Waals surface area contributed by atoms with E-state index in [1.54, 1.807) is 0 Å². The zero-order valence-corrected chi connectivity index (χ0v) is 25.1. The second-order valence-electron chi connectivity index (χ2n) is 10.7. The Balaban J connectivity index is 1.47. The van der Waals surface area contributed by atoms with Crippen LogP contribution >= 0.6 is 23.1 Å². The number of thiophene rings is 1. The predicted molar refractivity (Wildman–Crippen MR) is 160 cm³/mol. The van der Waals surface area contributed by atoms with E-state index in [1.165, 1.54) is 48.9 Å². The Labute approximate surface area is 239 Å². The van der Waals surface area contributed by atoms with E-state index in [1.807, 2.05) is 17.8 Å². The number of nitrogens with zero attached hydrogens (tertiary/aromatic N) is 3. The van der Waals surface area contributed by atoms with Gasteiger partial charge in [0, 0.05) is 15.0 Å². The van der Waals surface area contributed by atoms with Crippen LogP contribution in [0, 0.1) is 13.8 Å². The van der Waals surface area contributed by atoms with Gasteiger partial charge in [-0.25, -0.2) is 4.79 Å². The van der Waals surface area contributed by atoms with Gasteiger partial charge in [-0.1, -0.05) is 70.0 Å². The molecule has 2 heterocycles. The number of carbonyl (C=O) groups excluding carboxylic acids is 1. The molecule has 4 rings (SSSR count). The first kappa shape index (κ1) is 28.8. The predicted octanol–water partition coefficient (Wildman–Crippen LogP) is 8.15. The molecule has 2 aromatic heterocycles. The number of ether oxygens (including phenoxy) is 1. The molecule has 0 radical (unpaired) electrons. The third-order valence-corrected chi connectivity index (χ3v) is 9.04. The summed E-state index contributed by atoms with van der Waals surface area (Å²) in [7, 11) is 0. The van der Waals surface area contributed by atoms with Gasteiger partial charge >= 0.3 is 6.09 Å². The summed E-state index contributed by atoms with van der Waals surface area (Å²) in [6.07, 6.45) is 2.78. The van der Waals surface area contributed by atoms with Crippen LogP contribution in [0.15, 0.2) is 53.4 Å². The standard InChI is InChI=1S/C30H37N5O2S2/c1-7-8-9-24(25-14-15-27(39-25)37-29(36)31-18-26-32-34-35-33-26)38-23-16-19(2)28(20(3)17-23)21-10-12-22(13-11-21)30(4,5)6/h10-17,24H,7-9,18H2,1-6H3,(H,31,36)(H,32,33,34,35). The number of benzene rings is 2. The van der Waals surface area contributed by atoms with Crippen molar-refractivity contribution in [3.05, 3.63) is 75.9 Å². The quantitative estimate of drug-likeness (QED) is 0.189. The van der Waals surface area contributed by atoms with E-state index in [0.717, 1.165) is 19.3 Å². The second kappa shape index (κ2) is 12.8. The number of thioether (sulfide) groups is 1. The molecule has 0 fully saturated rings. The van der Waals surface area contributed by atoms with Gasteiger partial charge in [0.15, 0.2) is 10.9 Å². The molecular weight excluding hydrogens is 526 g/mol. The van der Waals surface area contributed by atoms with Crippen LogP contribution < -0.4 is 10.1 Å². The first-order chi connectivity index (χ1) is 18.6. The number of rotatable bonds is 10. The van der Waals surface area contributed by atoms with Gasteiger partial charge in [0.05, 0.1) is 6.54 Å². The van der Waals surface area contributed by atoms with Gasteiger partial charge in [-0.15, -0.1) is 33.3 Å². The highest BCUT2D eigenvalue weighted by Gasteiger charge is 2.19. The average molecular weight is 564 g/mol. The number of nitrogens with one attached hydrogen (secondary N) is 2. The number of hydrogen-bond acceptors (Lipinski definition) is 7. The molecule has 0 spiro atoms. The van der Waals surface area contributed by atoms with Crippen LogP contribution in [0.5, 0.6) is 5.06 Å². The second-order valence-corrected chi connectivity index (χ2v) is 13.1. The van der Waals surface area contributed by atoms with Crippen molar-refractivity contribution in [3.8, 4) is 16.2 Å². The van der Waals surface area contributed by atoms with E-state index in [2.05, 4.69) is 110 Å². The van der Waals surface area contributed by atoms with E-state index < -0.39 is 6.09 Å². The van der Waals surface area contributed by atoms with Crippen molar-refractivity contribution in [2.24, 2.45) is 0 Å². The monoisotopic (exact) mass is 563 g/mol. The van der Waals surface area contributed by atoms with E-state index in [9.17, 15) is 4.79 Å². The molecule has 0 saturated heterocycles. The summed E-state index contributed by atoms with van der Waals surface area (Å²) >= 11 is 3.41. The molecule has 206 valence electrons. The van der Waals surface area contributed by atoms with Crippen LogP contribution in [-0.4, -0.2) is 26.7 Å². The Bertz CT molecular complexity index is 1350. The van der Waals surface area contributed by atoms with Gasteiger partial charge in [0.1, 0.15) is 0 Å². The molecule has 0 saturated carbocycles. The summed E-state index contributed by atoms with van der Waals surface area (Å²) in [5, 5.41) is 17.0. The van der Waals surface area contributed by atoms with Gasteiger partial charge < -0.3 is 10.1 Å². The van der Waals surface area contributed by atoms with Gasteiger partial charge in [-0.05, 0) is 77.8 Å². The van der Waals surface area contributed by atoms with Gasteiger partial charge in [0.25, 0.3) is 0 Å². The smallest absolute Gasteiger partial charge is 0.399 e. The van der Waals surface area contributed by atoms with Crippen molar-refractivity contribution in [2.75, 3.05) is 0 Å². The summed E-state index contributed by atoms with van der Waals surface area (Å²) in [6.45, 7) is 13.5. The molecular formula is C30H37N5O2S2. The number of carbonyl (C=O) groups is 1. The van der Waals surface area contributed by atoms with Crippen molar-refractivity contribution in [2.45, 2.75) is 82.9 Å². The molecule has 0 aliphatic heterocycles. The van der Waals surface area contributed by atoms with Crippen molar-refractivity contribution in [1.29, 1.82) is 0 Å². The maximum absolute atomic E-state index is 12.2. The molecule has 9 heteroatoms. The Morgan fingerprint density at radius 3 is 2.44 bits per heavy atom. The van der Waals surface area contributed by atoms with Crippen LogP contribution in [0.3, 0.4) is 0 Å². The molecule has 1 amide bonds. The molecule has 2 N–H and O–H groups in total. The minimum atomic E-state index is -0.539. The maximum Gasteiger partial charge on any atom is 0.413 e. The number of aromatic nitrogens is 4. The number of aryl methyl sites for hydroxylation is 2. The van der Waals surface area contributed by atoms with Crippen LogP contribution in [0.25, 0.3) is 11.1 Å². The van der Waals surface area contributed by atoms with Crippen LogP contribution in [0.2, 0.25) is 0 Å². The average Bonchev–Trinajstić information content (AvgIpc) is 3.57. The number of amides is 1. The lowest BCUT2D eigenvalue weighted by atomic mass is 9.85. The fraction of sp³-hybridized carbons (Fsp3) is 0.400. The summed E-state index contributed by atoms with van der Waals surface area (Å²) < 4.78 is 5.50. The molecule has 4 aromatic rings. The molecule has 0 aliphatic carbocycles. The Morgan fingerprint density at radius 2 is 1.82 bits per heavy atom. The SMILES string of the molecule is CCCCC(Sc1cc(C)c(-c2ccc(C(C)(C)C)cc2)c(C)c1)c1ccc(OC(=O)NCc2nn[nH]n2)s1. The number of H-pyrrole nitrogens is 1. The minimum Gasteiger partial charge on any atom is -0.399 e. The van der Waals surface area contributed by atoms with Crippen LogP contribution in [0.1, 0.15) is 79.6 Å². The third-order valence-electron chi connectivity index (χ3n) is 6.54. The Hall–Kier alpha value is -3.17. The van der Waals surface area contributed by atoms with Crippen molar-refractivity contribution in [3.63, 3.8) is 0 Å². The normalized spacial score (nSPS) is 12.4. The molecule has 39 heavy (non-hydrogen) atoms. The van der Waals surface area contributed by atoms with Gasteiger partial charge in [0.2, 0.25) is 0 Å². The topological polar surface area (TPSA) is 92.8 Å². The third kappa shape index (κ3) is 7.70. The number of aromatic amines is 1. The largest absolute Gasteiger partial charge is 0.413 e. The zero-order valence-electron chi connectivity index (χ0n) is 23.5. The summed E-state index contributed by atoms with van der Waals surface area (Å²) in [4.78, 5) is 14.7. The lowest BCUT2D eigenvalue weighted by molar-refractivity contribution is 0.201. The fourth-order valence-electron chi connectivity index (χ4n) is 4.50. The Kier molecular flexibility index (Phi) is 9.45. The van der Waals surface area contributed by atoms with Gasteiger partial charge in [-0.2, -0.15) is 5.21 Å². The van der Waals surface area contributed by atoms with E-state index >= 15 is 0 Å². The fourth-order valence-corrected chi connectivity index (χ4v) is 6.95. The van der Waals surface area contributed by atoms with Crippen molar-refractivity contribution < 1.29 is 9.53 Å². The molecule has 7 nitrogen and oxygen atoms in total. The zero-order chi connectivity index (χ0) is 28.0. The first-order valence-corrected chi connectivity index (χ1v) is 15.0. The van der Waals surface area contributed by atoms with Crippen LogP contribution in [0.4, 0.5) is 4.79 Å². The van der Waals surface area contributed by atoms with E-state index in [0.29, 0.717) is 10.9 Å². The molecule has 1 atom stereocenters. The molecule has 0 bridgehead atoms. The van der Waals surface area contributed by atoms with E-state index in [-0.39, 0.29) is 17.2 Å². The highest BCUT2D eigenvalue weighted by Crippen LogP contribution is 2.45. The highest BCUT2D eigenvalue weighted by molar-refractivity contribution is 7.99. The lowest BCUT2D eigenvalue weighted by Gasteiger charge is -2.20. The minimum absolute atomic E-state index is 0.141. The number of unbranched alkanes of at least 4 members (excludes halogenated alkanes) is 1. The van der Waals surface area contributed by atoms with Crippen LogP contribution in [-0.2, 0) is 12.0 Å². The summed E-state index contributed by atoms with van der Waals surface area (Å²) in [6, 6.07) is 17.6. The molecule has 0 aliphatic rings. The summed E-state index contributed by atoms with van der Waals surface area (Å²) in [5.74, 6) is 0.397. The Morgan fingerprint density at radius 1 is 1.10 bits per heavy atom. The lowest BCUT2D eigenvalue weighted by Crippen LogP contribution is -2.26. The molecule has 1 unspecified atom stereocenters. The number of tetrazole rings is 1. The maximum atomic E-state index is 12.2. The van der Waals surface area contributed by atoms with Crippen molar-refractivity contribution in [1.82, 2.24) is 25.9 Å². The van der Waals surface area contributed by atoms with Crippen molar-refractivity contribution >= 4 is 29.2 Å². The number of hydrogen-bond donors (Lipinski definition) is 2. The summed E-state index contributed by atoms with van der Waals surface area (Å²) in [5.41, 5.74) is 6.62. The highest BCUT2D eigenvalue weighted by atomic mass is 32.2.